The van der Waals surface area contributed by atoms with E-state index in [2.05, 4.69) is 10.2 Å². The normalized spacial score (nSPS) is 9.85. The molecule has 0 aliphatic carbocycles. The molecule has 1 N–H and O–H groups in total. The standard InChI is InChI=1S/C10H7N2O/c13-7-8-3-1-2-4-10(8)9-5-11-12-6-9/h1-6H,(H,11,12). The Morgan fingerprint density at radius 1 is 1.31 bits per heavy atom. The monoisotopic (exact) mass is 171 g/mol. The van der Waals surface area contributed by atoms with Crippen LogP contribution < -0.4 is 0 Å². The molecule has 2 rings (SSSR count). The van der Waals surface area contributed by atoms with E-state index in [4.69, 9.17) is 0 Å². The molecular weight excluding hydrogens is 164 g/mol. The third-order valence-electron chi connectivity index (χ3n) is 1.85. The van der Waals surface area contributed by atoms with Crippen LogP contribution in [0.4, 0.5) is 0 Å². The smallest absolute Gasteiger partial charge is 0.234 e. The number of hydrogen-bond donors (Lipinski definition) is 1. The van der Waals surface area contributed by atoms with Crippen molar-refractivity contribution in [1.82, 2.24) is 10.2 Å². The molecule has 0 aliphatic rings. The van der Waals surface area contributed by atoms with Crippen LogP contribution >= 0.6 is 0 Å². The van der Waals surface area contributed by atoms with Crippen LogP contribution in [0.25, 0.3) is 11.1 Å². The number of nitrogens with one attached hydrogen (secondary N) is 1. The summed E-state index contributed by atoms with van der Waals surface area (Å²) in [6.07, 6.45) is 5.32. The first-order valence-electron chi connectivity index (χ1n) is 3.88. The zero-order valence-corrected chi connectivity index (χ0v) is 6.82. The summed E-state index contributed by atoms with van der Waals surface area (Å²) in [6.45, 7) is 0. The maximum atomic E-state index is 10.6. The highest BCUT2D eigenvalue weighted by molar-refractivity contribution is 5.87. The molecule has 0 spiro atoms. The molecule has 3 nitrogen and oxygen atoms in total. The van der Waals surface area contributed by atoms with Crippen molar-refractivity contribution in [2.75, 3.05) is 0 Å². The summed E-state index contributed by atoms with van der Waals surface area (Å²) in [4.78, 5) is 10.6. The van der Waals surface area contributed by atoms with E-state index in [1.807, 2.05) is 24.5 Å². The Bertz CT molecular complexity index is 407. The van der Waals surface area contributed by atoms with Crippen molar-refractivity contribution in [2.45, 2.75) is 0 Å². The lowest BCUT2D eigenvalue weighted by atomic mass is 10.0. The van der Waals surface area contributed by atoms with E-state index in [0.29, 0.717) is 5.56 Å². The molecule has 0 saturated heterocycles. The Kier molecular flexibility index (Phi) is 1.92. The second-order valence-corrected chi connectivity index (χ2v) is 2.63. The van der Waals surface area contributed by atoms with E-state index < -0.39 is 0 Å². The molecule has 0 aliphatic heterocycles. The number of carbonyl (C=O) groups excluding carboxylic acids is 1. The van der Waals surface area contributed by atoms with Gasteiger partial charge < -0.3 is 0 Å². The summed E-state index contributed by atoms with van der Waals surface area (Å²) in [5.74, 6) is 0. The van der Waals surface area contributed by atoms with Gasteiger partial charge in [-0.3, -0.25) is 9.89 Å². The van der Waals surface area contributed by atoms with Crippen molar-refractivity contribution >= 4 is 6.29 Å². The maximum Gasteiger partial charge on any atom is 0.234 e. The van der Waals surface area contributed by atoms with Crippen molar-refractivity contribution in [3.05, 3.63) is 42.2 Å². The van der Waals surface area contributed by atoms with E-state index in [1.165, 1.54) is 0 Å². The molecule has 63 valence electrons. The first-order chi connectivity index (χ1) is 6.42. The number of aromatic nitrogens is 2. The topological polar surface area (TPSA) is 45.8 Å². The number of H-pyrrole nitrogens is 1. The van der Waals surface area contributed by atoms with Gasteiger partial charge in [0.2, 0.25) is 6.29 Å². The van der Waals surface area contributed by atoms with Gasteiger partial charge in [0.05, 0.1) is 6.20 Å². The van der Waals surface area contributed by atoms with Crippen molar-refractivity contribution in [3.8, 4) is 11.1 Å². The number of nitrogens with zero attached hydrogens (tertiary/aromatic N) is 1. The molecule has 13 heavy (non-hydrogen) atoms. The highest BCUT2D eigenvalue weighted by atomic mass is 16.1. The summed E-state index contributed by atoms with van der Waals surface area (Å²) in [6, 6.07) is 7.29. The van der Waals surface area contributed by atoms with E-state index in [-0.39, 0.29) is 0 Å². The Labute approximate surface area is 75.4 Å². The molecule has 0 saturated carbocycles. The molecule has 0 fully saturated rings. The van der Waals surface area contributed by atoms with Gasteiger partial charge in [0, 0.05) is 17.3 Å². The van der Waals surface area contributed by atoms with E-state index in [1.54, 1.807) is 18.5 Å². The van der Waals surface area contributed by atoms with Crippen molar-refractivity contribution in [1.29, 1.82) is 0 Å². The summed E-state index contributed by atoms with van der Waals surface area (Å²) >= 11 is 0. The lowest BCUT2D eigenvalue weighted by Gasteiger charge is -1.98. The van der Waals surface area contributed by atoms with Gasteiger partial charge in [-0.05, 0) is 5.56 Å². The molecule has 0 bridgehead atoms. The van der Waals surface area contributed by atoms with Crippen molar-refractivity contribution in [2.24, 2.45) is 0 Å². The minimum absolute atomic E-state index is 0.559. The fraction of sp³-hybridized carbons (Fsp3) is 0. The minimum atomic E-state index is 0.559. The number of rotatable bonds is 2. The van der Waals surface area contributed by atoms with Crippen molar-refractivity contribution in [3.63, 3.8) is 0 Å². The summed E-state index contributed by atoms with van der Waals surface area (Å²) in [5.41, 5.74) is 2.31. The molecule has 1 aromatic heterocycles. The summed E-state index contributed by atoms with van der Waals surface area (Å²) in [7, 11) is 0. The first-order valence-corrected chi connectivity index (χ1v) is 3.88. The third-order valence-corrected chi connectivity index (χ3v) is 1.85. The average molecular weight is 171 g/mol. The van der Waals surface area contributed by atoms with Gasteiger partial charge in [-0.25, -0.2) is 0 Å². The fourth-order valence-electron chi connectivity index (χ4n) is 1.22. The zero-order chi connectivity index (χ0) is 9.10. The number of hydrogen-bond acceptors (Lipinski definition) is 2. The van der Waals surface area contributed by atoms with Crippen LogP contribution in [0.3, 0.4) is 0 Å². The largest absolute Gasteiger partial charge is 0.285 e. The van der Waals surface area contributed by atoms with E-state index in [0.717, 1.165) is 11.1 Å². The summed E-state index contributed by atoms with van der Waals surface area (Å²) < 4.78 is 0. The number of aromatic amines is 1. The second-order valence-electron chi connectivity index (χ2n) is 2.63. The van der Waals surface area contributed by atoms with Gasteiger partial charge in [-0.15, -0.1) is 0 Å². The third kappa shape index (κ3) is 1.36. The minimum Gasteiger partial charge on any atom is -0.285 e. The summed E-state index contributed by atoms with van der Waals surface area (Å²) in [5, 5.41) is 6.52. The molecule has 1 heterocycles. The van der Waals surface area contributed by atoms with E-state index >= 15 is 0 Å². The van der Waals surface area contributed by atoms with E-state index in [9.17, 15) is 4.79 Å². The van der Waals surface area contributed by atoms with Crippen molar-refractivity contribution < 1.29 is 4.79 Å². The fourth-order valence-corrected chi connectivity index (χ4v) is 1.22. The average Bonchev–Trinajstić information content (AvgIpc) is 2.70. The van der Waals surface area contributed by atoms with Gasteiger partial charge in [0.1, 0.15) is 0 Å². The molecule has 1 radical (unpaired) electrons. The lowest BCUT2D eigenvalue weighted by molar-refractivity contribution is 0.563. The SMILES string of the molecule is O=[C]c1ccccc1-c1cn[nH]c1. The van der Waals surface area contributed by atoms with Crippen LogP contribution in [-0.2, 0) is 4.79 Å². The second kappa shape index (κ2) is 3.23. The van der Waals surface area contributed by atoms with Crippen LogP contribution in [0.1, 0.15) is 5.56 Å². The van der Waals surface area contributed by atoms with Crippen LogP contribution in [0, 0.1) is 0 Å². The molecular formula is C10H7N2O. The Hall–Kier alpha value is -1.90. The quantitative estimate of drug-likeness (QED) is 0.744. The van der Waals surface area contributed by atoms with Gasteiger partial charge in [-0.2, -0.15) is 5.10 Å². The van der Waals surface area contributed by atoms with Crippen LogP contribution in [0.5, 0.6) is 0 Å². The highest BCUT2D eigenvalue weighted by Gasteiger charge is 2.03. The molecule has 2 aromatic rings. The molecule has 3 heteroatoms. The predicted octanol–water partition coefficient (Wildman–Crippen LogP) is 1.53. The highest BCUT2D eigenvalue weighted by Crippen LogP contribution is 2.20. The van der Waals surface area contributed by atoms with Gasteiger partial charge in [-0.1, -0.05) is 24.3 Å². The van der Waals surface area contributed by atoms with Crippen LogP contribution in [-0.4, -0.2) is 16.5 Å². The molecule has 0 unspecified atom stereocenters. The molecule has 0 amide bonds. The molecule has 1 aromatic carbocycles. The maximum absolute atomic E-state index is 10.6. The van der Waals surface area contributed by atoms with Gasteiger partial charge in [0.25, 0.3) is 0 Å². The van der Waals surface area contributed by atoms with Gasteiger partial charge >= 0.3 is 0 Å². The Morgan fingerprint density at radius 3 is 2.85 bits per heavy atom. The Balaban J connectivity index is 2.57. The predicted molar refractivity (Wildman–Crippen MR) is 48.8 cm³/mol. The van der Waals surface area contributed by atoms with Crippen LogP contribution in [0.15, 0.2) is 36.7 Å². The van der Waals surface area contributed by atoms with Gasteiger partial charge in [0.15, 0.2) is 0 Å². The zero-order valence-electron chi connectivity index (χ0n) is 6.82. The van der Waals surface area contributed by atoms with Crippen LogP contribution in [0.2, 0.25) is 0 Å². The number of benzene rings is 1. The molecule has 0 atom stereocenters. The lowest BCUT2D eigenvalue weighted by Crippen LogP contribution is -1.84. The Morgan fingerprint density at radius 2 is 2.15 bits per heavy atom. The first kappa shape index (κ1) is 7.73.